The first-order valence-corrected chi connectivity index (χ1v) is 10.8. The number of hydrogen-bond acceptors (Lipinski definition) is 6. The minimum Gasteiger partial charge on any atom is -0.506 e. The monoisotopic (exact) mass is 481 g/mol. The summed E-state index contributed by atoms with van der Waals surface area (Å²) in [6, 6.07) is 10.1. The maximum Gasteiger partial charge on any atom is 0.236 e. The average Bonchev–Trinajstić information content (AvgIpc) is 2.73. The third-order valence-corrected chi connectivity index (χ3v) is 5.49. The SMILES string of the molecule is CC(=O)Nc1cc(Cl)c(O)cc1OC[C@H](O)CN1CCN(Cc2ccc(Cl)cc2)CC1=O. The van der Waals surface area contributed by atoms with E-state index in [1.807, 2.05) is 29.2 Å². The lowest BCUT2D eigenvalue weighted by Crippen LogP contribution is -2.52. The number of amides is 2. The summed E-state index contributed by atoms with van der Waals surface area (Å²) in [4.78, 5) is 27.6. The van der Waals surface area contributed by atoms with Gasteiger partial charge in [-0.15, -0.1) is 0 Å². The van der Waals surface area contributed by atoms with E-state index in [0.29, 0.717) is 24.7 Å². The highest BCUT2D eigenvalue weighted by Gasteiger charge is 2.26. The number of aromatic hydroxyl groups is 1. The van der Waals surface area contributed by atoms with E-state index in [1.165, 1.54) is 19.1 Å². The Hall–Kier alpha value is -2.52. The van der Waals surface area contributed by atoms with E-state index in [2.05, 4.69) is 5.32 Å². The molecule has 0 saturated carbocycles. The number of carbonyl (C=O) groups excluding carboxylic acids is 2. The van der Waals surface area contributed by atoms with Gasteiger partial charge in [-0.05, 0) is 23.8 Å². The van der Waals surface area contributed by atoms with Crippen molar-refractivity contribution < 1.29 is 24.5 Å². The molecule has 2 aromatic rings. The Morgan fingerprint density at radius 2 is 1.94 bits per heavy atom. The Balaban J connectivity index is 1.51. The summed E-state index contributed by atoms with van der Waals surface area (Å²) in [5, 5.41) is 23.5. The summed E-state index contributed by atoms with van der Waals surface area (Å²) in [6.45, 7) is 3.39. The molecule has 1 aliphatic rings. The maximum absolute atomic E-state index is 12.5. The minimum atomic E-state index is -0.954. The summed E-state index contributed by atoms with van der Waals surface area (Å²) >= 11 is 11.8. The number of anilines is 1. The van der Waals surface area contributed by atoms with Gasteiger partial charge in [0.1, 0.15) is 24.2 Å². The number of halogens is 2. The minimum absolute atomic E-state index is 0.0590. The number of phenols is 1. The number of hydrogen-bond donors (Lipinski definition) is 3. The van der Waals surface area contributed by atoms with Crippen LogP contribution in [0.1, 0.15) is 12.5 Å². The second kappa shape index (κ2) is 10.9. The fourth-order valence-electron chi connectivity index (χ4n) is 3.38. The molecule has 0 unspecified atom stereocenters. The van der Waals surface area contributed by atoms with Crippen LogP contribution in [-0.4, -0.2) is 70.7 Å². The molecule has 0 radical (unpaired) electrons. The van der Waals surface area contributed by atoms with Gasteiger partial charge >= 0.3 is 0 Å². The number of ether oxygens (including phenoxy) is 1. The predicted molar refractivity (Wildman–Crippen MR) is 122 cm³/mol. The molecule has 32 heavy (non-hydrogen) atoms. The summed E-state index contributed by atoms with van der Waals surface area (Å²) in [5.41, 5.74) is 1.35. The lowest BCUT2D eigenvalue weighted by Gasteiger charge is -2.35. The van der Waals surface area contributed by atoms with Crippen molar-refractivity contribution in [1.82, 2.24) is 9.80 Å². The summed E-state index contributed by atoms with van der Waals surface area (Å²) < 4.78 is 5.58. The lowest BCUT2D eigenvalue weighted by atomic mass is 10.2. The van der Waals surface area contributed by atoms with Crippen LogP contribution in [0.5, 0.6) is 11.5 Å². The van der Waals surface area contributed by atoms with Gasteiger partial charge in [-0.1, -0.05) is 35.3 Å². The van der Waals surface area contributed by atoms with Crippen molar-refractivity contribution in [2.24, 2.45) is 0 Å². The van der Waals surface area contributed by atoms with E-state index in [4.69, 9.17) is 27.9 Å². The average molecular weight is 482 g/mol. The number of rotatable bonds is 8. The van der Waals surface area contributed by atoms with Gasteiger partial charge in [-0.3, -0.25) is 14.5 Å². The second-order valence-electron chi connectivity index (χ2n) is 7.62. The molecule has 10 heteroatoms. The second-order valence-corrected chi connectivity index (χ2v) is 8.47. The first-order valence-electron chi connectivity index (χ1n) is 10.1. The topological polar surface area (TPSA) is 102 Å². The molecular formula is C22H25Cl2N3O5. The largest absolute Gasteiger partial charge is 0.506 e. The van der Waals surface area contributed by atoms with Crippen molar-refractivity contribution in [3.05, 3.63) is 52.0 Å². The summed E-state index contributed by atoms with van der Waals surface area (Å²) in [6.07, 6.45) is -0.954. The Morgan fingerprint density at radius 1 is 1.22 bits per heavy atom. The van der Waals surface area contributed by atoms with Crippen LogP contribution < -0.4 is 10.1 Å². The van der Waals surface area contributed by atoms with Crippen molar-refractivity contribution in [2.45, 2.75) is 19.6 Å². The molecule has 0 bridgehead atoms. The zero-order chi connectivity index (χ0) is 23.3. The molecule has 2 aromatic carbocycles. The summed E-state index contributed by atoms with van der Waals surface area (Å²) in [7, 11) is 0. The standard InChI is InChI=1S/C22H25Cl2N3O5/c1-14(28)25-19-8-18(24)20(30)9-21(19)32-13-17(29)11-27-7-6-26(12-22(27)31)10-15-2-4-16(23)5-3-15/h2-5,8-9,17,29-30H,6-7,10-13H2,1H3,(H,25,28)/t17-/m1/s1. The number of nitrogens with zero attached hydrogens (tertiary/aromatic N) is 2. The highest BCUT2D eigenvalue weighted by atomic mass is 35.5. The van der Waals surface area contributed by atoms with Gasteiger partial charge in [0.25, 0.3) is 0 Å². The van der Waals surface area contributed by atoms with Gasteiger partial charge in [0.05, 0.1) is 17.3 Å². The van der Waals surface area contributed by atoms with E-state index < -0.39 is 6.10 Å². The molecule has 8 nitrogen and oxygen atoms in total. The van der Waals surface area contributed by atoms with Crippen molar-refractivity contribution in [3.63, 3.8) is 0 Å². The van der Waals surface area contributed by atoms with E-state index in [1.54, 1.807) is 4.90 Å². The van der Waals surface area contributed by atoms with E-state index in [9.17, 15) is 19.8 Å². The van der Waals surface area contributed by atoms with Gasteiger partial charge in [0.15, 0.2) is 0 Å². The number of aliphatic hydroxyl groups excluding tert-OH is 1. The van der Waals surface area contributed by atoms with Gasteiger partial charge in [-0.25, -0.2) is 0 Å². The maximum atomic E-state index is 12.5. The predicted octanol–water partition coefficient (Wildman–Crippen LogP) is 2.74. The number of nitrogens with one attached hydrogen (secondary N) is 1. The molecule has 3 N–H and O–H groups in total. The third kappa shape index (κ3) is 6.74. The highest BCUT2D eigenvalue weighted by molar-refractivity contribution is 6.32. The zero-order valence-corrected chi connectivity index (χ0v) is 19.1. The van der Waals surface area contributed by atoms with Crippen LogP contribution in [0.25, 0.3) is 0 Å². The number of benzene rings is 2. The Labute approximate surface area is 196 Å². The third-order valence-electron chi connectivity index (χ3n) is 4.94. The van der Waals surface area contributed by atoms with Crippen LogP contribution in [0, 0.1) is 0 Å². The summed E-state index contributed by atoms with van der Waals surface area (Å²) in [5.74, 6) is -0.455. The molecule has 0 aliphatic carbocycles. The Morgan fingerprint density at radius 3 is 2.59 bits per heavy atom. The van der Waals surface area contributed by atoms with Gasteiger partial charge < -0.3 is 25.2 Å². The molecule has 0 aromatic heterocycles. The van der Waals surface area contributed by atoms with Crippen LogP contribution in [0.15, 0.2) is 36.4 Å². The Bertz CT molecular complexity index is 971. The molecule has 2 amide bonds. The van der Waals surface area contributed by atoms with Crippen molar-refractivity contribution in [3.8, 4) is 11.5 Å². The number of β-amino-alcohol motifs (C(OH)–C–C–N with tert-alkyl or cyclic N) is 1. The van der Waals surface area contributed by atoms with Gasteiger partial charge in [0, 0.05) is 44.2 Å². The van der Waals surface area contributed by atoms with Crippen molar-refractivity contribution in [2.75, 3.05) is 38.1 Å². The number of phenolic OH excluding ortho intramolecular Hbond substituents is 1. The fourth-order valence-corrected chi connectivity index (χ4v) is 3.67. The van der Waals surface area contributed by atoms with Crippen LogP contribution in [0.2, 0.25) is 10.0 Å². The quantitative estimate of drug-likeness (QED) is 0.501. The highest BCUT2D eigenvalue weighted by Crippen LogP contribution is 2.35. The molecule has 1 atom stereocenters. The fraction of sp³-hybridized carbons (Fsp3) is 0.364. The molecule has 172 valence electrons. The first-order chi connectivity index (χ1) is 15.2. The van der Waals surface area contributed by atoms with Gasteiger partial charge in [0.2, 0.25) is 11.8 Å². The number of piperazine rings is 1. The Kier molecular flexibility index (Phi) is 8.20. The molecular weight excluding hydrogens is 457 g/mol. The zero-order valence-electron chi connectivity index (χ0n) is 17.6. The first kappa shape index (κ1) is 24.1. The molecule has 1 heterocycles. The van der Waals surface area contributed by atoms with Crippen LogP contribution in [0.4, 0.5) is 5.69 Å². The van der Waals surface area contributed by atoms with E-state index in [-0.39, 0.29) is 53.7 Å². The molecule has 3 rings (SSSR count). The molecule has 1 aliphatic heterocycles. The van der Waals surface area contributed by atoms with E-state index in [0.717, 1.165) is 5.56 Å². The van der Waals surface area contributed by atoms with Crippen molar-refractivity contribution >= 4 is 40.7 Å². The normalized spacial score (nSPS) is 15.5. The van der Waals surface area contributed by atoms with Crippen LogP contribution in [0.3, 0.4) is 0 Å². The van der Waals surface area contributed by atoms with Crippen molar-refractivity contribution in [1.29, 1.82) is 0 Å². The lowest BCUT2D eigenvalue weighted by molar-refractivity contribution is -0.138. The molecule has 1 saturated heterocycles. The molecule has 1 fully saturated rings. The number of carbonyl (C=O) groups is 2. The van der Waals surface area contributed by atoms with Gasteiger partial charge in [-0.2, -0.15) is 0 Å². The number of aliphatic hydroxyl groups is 1. The molecule has 0 spiro atoms. The van der Waals surface area contributed by atoms with Crippen LogP contribution in [-0.2, 0) is 16.1 Å². The van der Waals surface area contributed by atoms with Crippen LogP contribution >= 0.6 is 23.2 Å². The van der Waals surface area contributed by atoms with E-state index >= 15 is 0 Å². The smallest absolute Gasteiger partial charge is 0.236 e.